The first kappa shape index (κ1) is 14.3. The maximum absolute atomic E-state index is 12.1. The fraction of sp³-hybridized carbons (Fsp3) is 0.0833. The highest BCUT2D eigenvalue weighted by molar-refractivity contribution is 14.1. The third-order valence-corrected chi connectivity index (χ3v) is 6.41. The molecule has 0 fully saturated rings. The topological polar surface area (TPSA) is 70.0 Å². The molecular weight excluding hydrogens is 395 g/mol. The zero-order chi connectivity index (χ0) is 14.0. The van der Waals surface area contributed by atoms with Crippen molar-refractivity contribution in [2.75, 3.05) is 4.72 Å². The second-order valence-electron chi connectivity index (χ2n) is 3.80. The minimum Gasteiger partial charge on any atom is -0.279 e. The van der Waals surface area contributed by atoms with Gasteiger partial charge in [-0.25, -0.2) is 8.42 Å². The predicted molar refractivity (Wildman–Crippen MR) is 83.7 cm³/mol. The number of benzene rings is 1. The minimum atomic E-state index is -3.62. The van der Waals surface area contributed by atoms with Crippen LogP contribution in [0, 0.1) is 21.8 Å². The SMILES string of the molecule is Cc1ccc(NS(=O)(=O)c2ccc(C#N)s2)cc1I. The van der Waals surface area contributed by atoms with E-state index in [4.69, 9.17) is 5.26 Å². The molecule has 0 aliphatic rings. The Morgan fingerprint density at radius 3 is 2.63 bits per heavy atom. The van der Waals surface area contributed by atoms with Gasteiger partial charge in [-0.2, -0.15) is 5.26 Å². The van der Waals surface area contributed by atoms with Crippen LogP contribution in [0.2, 0.25) is 0 Å². The predicted octanol–water partition coefficient (Wildman–Crippen LogP) is 3.33. The molecule has 2 rings (SSSR count). The number of sulfonamides is 1. The van der Waals surface area contributed by atoms with Gasteiger partial charge in [0.2, 0.25) is 0 Å². The summed E-state index contributed by atoms with van der Waals surface area (Å²) in [5.41, 5.74) is 1.60. The van der Waals surface area contributed by atoms with Crippen molar-refractivity contribution in [3.8, 4) is 6.07 Å². The van der Waals surface area contributed by atoms with Crippen molar-refractivity contribution in [3.05, 3.63) is 44.3 Å². The van der Waals surface area contributed by atoms with Gasteiger partial charge in [-0.15, -0.1) is 11.3 Å². The molecule has 1 heterocycles. The monoisotopic (exact) mass is 404 g/mol. The summed E-state index contributed by atoms with van der Waals surface area (Å²) in [5, 5.41) is 8.72. The maximum atomic E-state index is 12.1. The van der Waals surface area contributed by atoms with Gasteiger partial charge < -0.3 is 0 Å². The molecular formula is C12H9IN2O2S2. The Kier molecular flexibility index (Phi) is 4.13. The Bertz CT molecular complexity index is 760. The molecule has 0 unspecified atom stereocenters. The van der Waals surface area contributed by atoms with Gasteiger partial charge in [0.25, 0.3) is 10.0 Å². The van der Waals surface area contributed by atoms with Crippen LogP contribution in [0.3, 0.4) is 0 Å². The standard InChI is InChI=1S/C12H9IN2O2S2/c1-8-2-3-9(6-11(8)13)15-19(16,17)12-5-4-10(7-14)18-12/h2-6,15H,1H3. The number of hydrogen-bond acceptors (Lipinski definition) is 4. The number of halogens is 1. The van der Waals surface area contributed by atoms with Crippen molar-refractivity contribution < 1.29 is 8.42 Å². The van der Waals surface area contributed by atoms with Crippen LogP contribution in [-0.2, 0) is 10.0 Å². The van der Waals surface area contributed by atoms with Crippen LogP contribution in [0.25, 0.3) is 0 Å². The zero-order valence-corrected chi connectivity index (χ0v) is 13.6. The largest absolute Gasteiger partial charge is 0.279 e. The fourth-order valence-electron chi connectivity index (χ4n) is 1.39. The summed E-state index contributed by atoms with van der Waals surface area (Å²) in [6.45, 7) is 1.96. The van der Waals surface area contributed by atoms with Crippen molar-refractivity contribution in [2.45, 2.75) is 11.1 Å². The average molecular weight is 404 g/mol. The molecule has 1 N–H and O–H groups in total. The van der Waals surface area contributed by atoms with Crippen molar-refractivity contribution in [2.24, 2.45) is 0 Å². The van der Waals surface area contributed by atoms with Crippen molar-refractivity contribution >= 4 is 49.6 Å². The van der Waals surface area contributed by atoms with Gasteiger partial charge in [-0.05, 0) is 59.3 Å². The lowest BCUT2D eigenvalue weighted by Crippen LogP contribution is -2.11. The van der Waals surface area contributed by atoms with Crippen LogP contribution >= 0.6 is 33.9 Å². The Morgan fingerprint density at radius 2 is 2.05 bits per heavy atom. The van der Waals surface area contributed by atoms with E-state index in [-0.39, 0.29) is 4.21 Å². The number of hydrogen-bond donors (Lipinski definition) is 1. The van der Waals surface area contributed by atoms with Crippen molar-refractivity contribution in [1.82, 2.24) is 0 Å². The third kappa shape index (κ3) is 3.26. The second-order valence-corrected chi connectivity index (χ2v) is 7.96. The van der Waals surface area contributed by atoms with E-state index >= 15 is 0 Å². The summed E-state index contributed by atoms with van der Waals surface area (Å²) >= 11 is 3.10. The lowest BCUT2D eigenvalue weighted by molar-refractivity contribution is 0.603. The van der Waals surface area contributed by atoms with Gasteiger partial charge in [0.05, 0.1) is 0 Å². The van der Waals surface area contributed by atoms with Crippen molar-refractivity contribution in [1.29, 1.82) is 5.26 Å². The van der Waals surface area contributed by atoms with Gasteiger partial charge in [-0.1, -0.05) is 6.07 Å². The van der Waals surface area contributed by atoms with Crippen LogP contribution in [0.5, 0.6) is 0 Å². The van der Waals surface area contributed by atoms with Crippen LogP contribution in [0.15, 0.2) is 34.5 Å². The molecule has 1 aromatic heterocycles. The smallest absolute Gasteiger partial charge is 0.271 e. The maximum Gasteiger partial charge on any atom is 0.271 e. The minimum absolute atomic E-state index is 0.139. The quantitative estimate of drug-likeness (QED) is 0.798. The van der Waals surface area contributed by atoms with Crippen LogP contribution in [-0.4, -0.2) is 8.42 Å². The van der Waals surface area contributed by atoms with Crippen molar-refractivity contribution in [3.63, 3.8) is 0 Å². The van der Waals surface area contributed by atoms with Gasteiger partial charge in [0.1, 0.15) is 15.2 Å². The molecule has 4 nitrogen and oxygen atoms in total. The summed E-state index contributed by atoms with van der Waals surface area (Å²) in [7, 11) is -3.62. The molecule has 0 saturated carbocycles. The van der Waals surface area contributed by atoms with E-state index in [1.165, 1.54) is 12.1 Å². The van der Waals surface area contributed by atoms with Gasteiger partial charge >= 0.3 is 0 Å². The first-order valence-corrected chi connectivity index (χ1v) is 8.59. The summed E-state index contributed by atoms with van der Waals surface area (Å²) in [6, 6.07) is 10.2. The Labute approximate surface area is 129 Å². The summed E-state index contributed by atoms with van der Waals surface area (Å²) < 4.78 is 27.9. The van der Waals surface area contributed by atoms with E-state index in [1.54, 1.807) is 12.1 Å². The molecule has 0 amide bonds. The number of nitrogens with one attached hydrogen (secondary N) is 1. The Hall–Kier alpha value is -1.11. The van der Waals surface area contributed by atoms with E-state index in [1.807, 2.05) is 19.1 Å². The Morgan fingerprint density at radius 1 is 1.32 bits per heavy atom. The molecule has 19 heavy (non-hydrogen) atoms. The highest BCUT2D eigenvalue weighted by atomic mass is 127. The molecule has 1 aromatic carbocycles. The summed E-state index contributed by atoms with van der Waals surface area (Å²) in [6.07, 6.45) is 0. The zero-order valence-electron chi connectivity index (χ0n) is 9.84. The summed E-state index contributed by atoms with van der Waals surface area (Å²) in [5.74, 6) is 0. The normalized spacial score (nSPS) is 11.0. The molecule has 0 radical (unpaired) electrons. The van der Waals surface area contributed by atoms with E-state index < -0.39 is 10.0 Å². The molecule has 0 aliphatic heterocycles. The highest BCUT2D eigenvalue weighted by Crippen LogP contribution is 2.24. The second kappa shape index (κ2) is 5.48. The molecule has 0 saturated heterocycles. The molecule has 0 bridgehead atoms. The number of thiophene rings is 1. The molecule has 0 atom stereocenters. The van der Waals surface area contributed by atoms with Crippen LogP contribution in [0.1, 0.15) is 10.4 Å². The van der Waals surface area contributed by atoms with Crippen LogP contribution in [0.4, 0.5) is 5.69 Å². The molecule has 2 aromatic rings. The van der Waals surface area contributed by atoms with E-state index in [0.29, 0.717) is 10.6 Å². The van der Waals surface area contributed by atoms with E-state index in [2.05, 4.69) is 27.3 Å². The molecule has 0 aliphatic carbocycles. The molecule has 98 valence electrons. The lowest BCUT2D eigenvalue weighted by Gasteiger charge is -2.07. The number of rotatable bonds is 3. The van der Waals surface area contributed by atoms with Gasteiger partial charge in [0, 0.05) is 9.26 Å². The first-order valence-electron chi connectivity index (χ1n) is 5.21. The molecule has 0 spiro atoms. The van der Waals surface area contributed by atoms with E-state index in [9.17, 15) is 8.42 Å². The number of nitriles is 1. The number of anilines is 1. The third-order valence-electron chi connectivity index (χ3n) is 2.38. The Balaban J connectivity index is 2.31. The first-order chi connectivity index (χ1) is 8.92. The van der Waals surface area contributed by atoms with E-state index in [0.717, 1.165) is 20.5 Å². The molecule has 7 heteroatoms. The number of aryl methyl sites for hydroxylation is 1. The average Bonchev–Trinajstić information content (AvgIpc) is 2.83. The lowest BCUT2D eigenvalue weighted by atomic mass is 10.2. The fourth-order valence-corrected chi connectivity index (χ4v) is 4.05. The summed E-state index contributed by atoms with van der Waals surface area (Å²) in [4.78, 5) is 0.374. The highest BCUT2D eigenvalue weighted by Gasteiger charge is 2.17. The van der Waals surface area contributed by atoms with Crippen LogP contribution < -0.4 is 4.72 Å². The van der Waals surface area contributed by atoms with Gasteiger partial charge in [0.15, 0.2) is 0 Å². The number of nitrogens with zero attached hydrogens (tertiary/aromatic N) is 1. The van der Waals surface area contributed by atoms with Gasteiger partial charge in [-0.3, -0.25) is 4.72 Å².